The molecule has 0 radical (unpaired) electrons. The molecule has 0 unspecified atom stereocenters. The molecule has 0 fully saturated rings. The Morgan fingerprint density at radius 1 is 1.16 bits per heavy atom. The number of thioether (sulfide) groups is 1. The minimum atomic E-state index is -1.21. The number of carboxylic acids is 1. The Hall–Kier alpha value is -3.53. The van der Waals surface area contributed by atoms with Crippen LogP contribution in [0.25, 0.3) is 11.3 Å². The van der Waals surface area contributed by atoms with Gasteiger partial charge in [-0.3, -0.25) is 4.79 Å². The Balaban J connectivity index is 1.72. The van der Waals surface area contributed by atoms with Gasteiger partial charge in [-0.25, -0.2) is 14.2 Å². The normalized spacial score (nSPS) is 10.6. The Morgan fingerprint density at radius 3 is 2.42 bits per heavy atom. The second kappa shape index (κ2) is 9.52. The van der Waals surface area contributed by atoms with Crippen molar-refractivity contribution in [1.29, 1.82) is 0 Å². The first-order valence-corrected chi connectivity index (χ1v) is 10.0. The van der Waals surface area contributed by atoms with Gasteiger partial charge in [0.1, 0.15) is 5.82 Å². The minimum absolute atomic E-state index is 0.00111. The number of ether oxygens (including phenoxy) is 2. The van der Waals surface area contributed by atoms with Crippen molar-refractivity contribution >= 4 is 29.3 Å². The number of methoxy groups -OCH3 is 2. The van der Waals surface area contributed by atoms with Crippen LogP contribution in [0.2, 0.25) is 0 Å². The van der Waals surface area contributed by atoms with E-state index in [4.69, 9.17) is 9.47 Å². The molecule has 0 saturated carbocycles. The Bertz CT molecular complexity index is 1110. The molecule has 10 heteroatoms. The second-order valence-corrected chi connectivity index (χ2v) is 7.33. The average Bonchev–Trinajstić information content (AvgIpc) is 3.12. The van der Waals surface area contributed by atoms with Crippen LogP contribution >= 0.6 is 11.8 Å². The van der Waals surface area contributed by atoms with E-state index in [9.17, 15) is 19.1 Å². The van der Waals surface area contributed by atoms with Crippen LogP contribution in [0.4, 0.5) is 10.1 Å². The summed E-state index contributed by atoms with van der Waals surface area (Å²) in [5, 5.41) is 12.6. The van der Waals surface area contributed by atoms with E-state index in [-0.39, 0.29) is 28.6 Å². The van der Waals surface area contributed by atoms with E-state index < -0.39 is 11.9 Å². The molecular weight excluding hydrogens is 425 g/mol. The fourth-order valence-electron chi connectivity index (χ4n) is 2.89. The average molecular weight is 445 g/mol. The fourth-order valence-corrected chi connectivity index (χ4v) is 3.64. The van der Waals surface area contributed by atoms with Gasteiger partial charge in [-0.2, -0.15) is 0 Å². The van der Waals surface area contributed by atoms with Crippen molar-refractivity contribution in [2.75, 3.05) is 25.3 Å². The van der Waals surface area contributed by atoms with E-state index in [0.29, 0.717) is 10.9 Å². The van der Waals surface area contributed by atoms with Gasteiger partial charge in [0.15, 0.2) is 16.7 Å². The highest BCUT2D eigenvalue weighted by molar-refractivity contribution is 7.99. The molecule has 1 aromatic heterocycles. The van der Waals surface area contributed by atoms with Crippen LogP contribution in [-0.4, -0.2) is 46.5 Å². The summed E-state index contributed by atoms with van der Waals surface area (Å²) in [5.74, 6) is -1.41. The van der Waals surface area contributed by atoms with E-state index >= 15 is 0 Å². The number of carboxylic acid groups (broad SMARTS) is 1. The zero-order valence-electron chi connectivity index (χ0n) is 17.0. The molecule has 31 heavy (non-hydrogen) atoms. The smallest absolute Gasteiger partial charge is 0.337 e. The van der Waals surface area contributed by atoms with Crippen molar-refractivity contribution in [2.45, 2.75) is 5.16 Å². The topological polar surface area (TPSA) is 103 Å². The van der Waals surface area contributed by atoms with Gasteiger partial charge in [0.25, 0.3) is 0 Å². The number of imidazole rings is 1. The molecule has 0 aliphatic rings. The Kier molecular flexibility index (Phi) is 6.81. The molecule has 2 aromatic carbocycles. The highest BCUT2D eigenvalue weighted by Gasteiger charge is 2.19. The highest BCUT2D eigenvalue weighted by Crippen LogP contribution is 2.33. The maximum absolute atomic E-state index is 13.1. The number of hydrogen-bond acceptors (Lipinski definition) is 6. The zero-order chi connectivity index (χ0) is 22.5. The van der Waals surface area contributed by atoms with E-state index in [2.05, 4.69) is 10.3 Å². The first-order chi connectivity index (χ1) is 14.8. The number of aromatic nitrogens is 2. The molecule has 0 atom stereocenters. The molecule has 8 nitrogen and oxygen atoms in total. The number of carbonyl (C=O) groups is 2. The lowest BCUT2D eigenvalue weighted by molar-refractivity contribution is -0.113. The van der Waals surface area contributed by atoms with Gasteiger partial charge in [0.05, 0.1) is 43.1 Å². The van der Waals surface area contributed by atoms with Gasteiger partial charge in [-0.05, 0) is 29.8 Å². The fraction of sp³-hybridized carbons (Fsp3) is 0.190. The summed E-state index contributed by atoms with van der Waals surface area (Å²) in [6.07, 6.45) is 1.64. The Morgan fingerprint density at radius 2 is 1.81 bits per heavy atom. The van der Waals surface area contributed by atoms with E-state index in [1.807, 2.05) is 0 Å². The molecule has 1 amide bonds. The summed E-state index contributed by atoms with van der Waals surface area (Å²) in [4.78, 5) is 28.3. The second-order valence-electron chi connectivity index (χ2n) is 6.39. The van der Waals surface area contributed by atoms with Crippen molar-refractivity contribution in [3.63, 3.8) is 0 Å². The molecule has 0 aliphatic heterocycles. The lowest BCUT2D eigenvalue weighted by Gasteiger charge is -2.13. The van der Waals surface area contributed by atoms with Crippen LogP contribution in [0.3, 0.4) is 0 Å². The maximum Gasteiger partial charge on any atom is 0.337 e. The number of nitrogens with one attached hydrogen (secondary N) is 1. The first-order valence-electron chi connectivity index (χ1n) is 9.03. The number of aromatic carboxylic acids is 1. The maximum atomic E-state index is 13.1. The van der Waals surface area contributed by atoms with Gasteiger partial charge >= 0.3 is 5.97 Å². The third-order valence-electron chi connectivity index (χ3n) is 4.45. The van der Waals surface area contributed by atoms with Crippen LogP contribution in [0.15, 0.2) is 47.8 Å². The van der Waals surface area contributed by atoms with Gasteiger partial charge in [0.2, 0.25) is 5.91 Å². The van der Waals surface area contributed by atoms with Crippen molar-refractivity contribution in [1.82, 2.24) is 9.55 Å². The number of halogens is 1. The number of amides is 1. The lowest BCUT2D eigenvalue weighted by Crippen LogP contribution is -2.17. The Labute approximate surface area is 182 Å². The monoisotopic (exact) mass is 445 g/mol. The van der Waals surface area contributed by atoms with Crippen LogP contribution in [0.1, 0.15) is 10.4 Å². The number of nitrogens with zero attached hydrogens (tertiary/aromatic N) is 2. The van der Waals surface area contributed by atoms with Gasteiger partial charge in [0, 0.05) is 19.2 Å². The van der Waals surface area contributed by atoms with Gasteiger partial charge in [-0.15, -0.1) is 0 Å². The van der Waals surface area contributed by atoms with Crippen molar-refractivity contribution in [3.05, 3.63) is 54.0 Å². The molecule has 3 aromatic rings. The number of hydrogen-bond donors (Lipinski definition) is 2. The quantitative estimate of drug-likeness (QED) is 0.510. The van der Waals surface area contributed by atoms with Gasteiger partial charge in [-0.1, -0.05) is 11.8 Å². The zero-order valence-corrected chi connectivity index (χ0v) is 17.8. The third kappa shape index (κ3) is 4.97. The summed E-state index contributed by atoms with van der Waals surface area (Å²) in [6.45, 7) is 0. The van der Waals surface area contributed by atoms with Crippen molar-refractivity contribution < 1.29 is 28.6 Å². The molecule has 2 N–H and O–H groups in total. The van der Waals surface area contributed by atoms with Crippen LogP contribution in [0, 0.1) is 5.82 Å². The minimum Gasteiger partial charge on any atom is -0.493 e. The predicted octanol–water partition coefficient (Wildman–Crippen LogP) is 3.67. The van der Waals surface area contributed by atoms with Gasteiger partial charge < -0.3 is 24.5 Å². The third-order valence-corrected chi connectivity index (χ3v) is 5.49. The van der Waals surface area contributed by atoms with E-state index in [1.54, 1.807) is 29.9 Å². The highest BCUT2D eigenvalue weighted by atomic mass is 32.2. The summed E-state index contributed by atoms with van der Waals surface area (Å²) in [5.41, 5.74) is 1.55. The number of carbonyl (C=O) groups excluding carboxylic acids is 1. The standard InChI is InChI=1S/C21H20FN3O5S/c1-25-16(12-4-6-13(22)7-5-12)10-23-21(25)31-11-19(26)24-15-9-18(30-3)17(29-2)8-14(15)20(27)28/h4-10H,11H2,1-3H3,(H,24,26)(H,27,28). The molecule has 0 aliphatic carbocycles. The van der Waals surface area contributed by atoms with Crippen LogP contribution in [-0.2, 0) is 11.8 Å². The van der Waals surface area contributed by atoms with Crippen LogP contribution < -0.4 is 14.8 Å². The molecule has 162 valence electrons. The summed E-state index contributed by atoms with van der Waals surface area (Å²) >= 11 is 1.19. The largest absolute Gasteiger partial charge is 0.493 e. The first kappa shape index (κ1) is 22.2. The van der Waals surface area contributed by atoms with Crippen LogP contribution in [0.5, 0.6) is 11.5 Å². The molecule has 3 rings (SSSR count). The van der Waals surface area contributed by atoms with Crippen molar-refractivity contribution in [2.24, 2.45) is 7.05 Å². The number of anilines is 1. The number of benzene rings is 2. The lowest BCUT2D eigenvalue weighted by atomic mass is 10.1. The molecule has 0 spiro atoms. The summed E-state index contributed by atoms with van der Waals surface area (Å²) in [6, 6.07) is 8.73. The van der Waals surface area contributed by atoms with E-state index in [0.717, 1.165) is 11.3 Å². The molecule has 0 bridgehead atoms. The van der Waals surface area contributed by atoms with Crippen molar-refractivity contribution in [3.8, 4) is 22.8 Å². The molecule has 1 heterocycles. The summed E-state index contributed by atoms with van der Waals surface area (Å²) in [7, 11) is 4.60. The number of rotatable bonds is 8. The van der Waals surface area contributed by atoms with E-state index in [1.165, 1.54) is 50.2 Å². The SMILES string of the molecule is COc1cc(NC(=O)CSc2ncc(-c3ccc(F)cc3)n2C)c(C(=O)O)cc1OC. The molecular formula is C21H20FN3O5S. The predicted molar refractivity (Wildman–Crippen MR) is 114 cm³/mol. The summed E-state index contributed by atoms with van der Waals surface area (Å²) < 4.78 is 25.2. The molecule has 0 saturated heterocycles.